The minimum absolute atomic E-state index is 0.0861. The van der Waals surface area contributed by atoms with E-state index in [1.165, 1.54) is 38.1 Å². The molecule has 0 bridgehead atoms. The maximum atomic E-state index is 6.14. The Balaban J connectivity index is 1.26. The van der Waals surface area contributed by atoms with E-state index < -0.39 is 0 Å². The number of fused-ring (bicyclic) bond motifs is 7. The number of anilines is 1. The first-order chi connectivity index (χ1) is 24.9. The summed E-state index contributed by atoms with van der Waals surface area (Å²) in [5.41, 5.74) is 9.65. The second-order valence-corrected chi connectivity index (χ2v) is 12.7. The van der Waals surface area contributed by atoms with Crippen LogP contribution in [0.1, 0.15) is 12.0 Å². The van der Waals surface area contributed by atoms with Crippen molar-refractivity contribution in [1.82, 2.24) is 4.40 Å². The van der Waals surface area contributed by atoms with Crippen LogP contribution in [0.2, 0.25) is 0 Å². The zero-order valence-electron chi connectivity index (χ0n) is 28.8. The lowest BCUT2D eigenvalue weighted by molar-refractivity contribution is 0.476. The normalized spacial score (nSPS) is 15.9. The average molecular weight is 661 g/mol. The zero-order chi connectivity index (χ0) is 35.5. The molecule has 0 fully saturated rings. The number of hydrogen-bond acceptors (Lipinski definition) is 2. The molecule has 3 heterocycles. The fourth-order valence-electron chi connectivity index (χ4n) is 6.76. The van der Waals surface area contributed by atoms with Gasteiger partial charge in [0, 0.05) is 38.5 Å². The van der Waals surface area contributed by atoms with Gasteiger partial charge in [0.15, 0.2) is 0 Å². The summed E-state index contributed by atoms with van der Waals surface area (Å²) in [6.07, 6.45) is 22.2. The summed E-state index contributed by atoms with van der Waals surface area (Å²) in [7, 11) is 0. The van der Waals surface area contributed by atoms with Crippen molar-refractivity contribution in [1.29, 1.82) is 0 Å². The van der Waals surface area contributed by atoms with E-state index in [0.717, 1.165) is 51.4 Å². The summed E-state index contributed by atoms with van der Waals surface area (Å²) in [4.78, 5) is 2.27. The van der Waals surface area contributed by atoms with E-state index in [1.807, 2.05) is 54.7 Å². The monoisotopic (exact) mass is 660 g/mol. The molecule has 0 saturated heterocycles. The molecule has 248 valence electrons. The van der Waals surface area contributed by atoms with Crippen molar-refractivity contribution < 1.29 is 4.74 Å². The van der Waals surface area contributed by atoms with Crippen LogP contribution in [-0.4, -0.2) is 10.4 Å². The molecule has 0 saturated carbocycles. The number of aromatic nitrogens is 1. The summed E-state index contributed by atoms with van der Waals surface area (Å²) in [6.45, 7) is 25.0. The van der Waals surface area contributed by atoms with Gasteiger partial charge in [0.1, 0.15) is 5.75 Å². The van der Waals surface area contributed by atoms with Crippen molar-refractivity contribution in [2.24, 2.45) is 0 Å². The van der Waals surface area contributed by atoms with Gasteiger partial charge in [-0.3, -0.25) is 0 Å². The van der Waals surface area contributed by atoms with E-state index in [2.05, 4.69) is 134 Å². The Kier molecular flexibility index (Phi) is 9.11. The summed E-state index contributed by atoms with van der Waals surface area (Å²) >= 11 is 0. The number of rotatable bonds is 11. The number of para-hydroxylation sites is 3. The summed E-state index contributed by atoms with van der Waals surface area (Å²) in [5, 5.41) is 4.95. The molecule has 0 amide bonds. The van der Waals surface area contributed by atoms with Crippen molar-refractivity contribution in [2.75, 3.05) is 4.90 Å². The average Bonchev–Trinajstić information content (AvgIpc) is 3.70. The highest BCUT2D eigenvalue weighted by molar-refractivity contribution is 6.23. The van der Waals surface area contributed by atoms with Gasteiger partial charge in [-0.05, 0) is 71.2 Å². The van der Waals surface area contributed by atoms with Gasteiger partial charge >= 0.3 is 0 Å². The summed E-state index contributed by atoms with van der Waals surface area (Å²) in [6, 6.07) is 29.9. The van der Waals surface area contributed by atoms with Crippen molar-refractivity contribution in [3.05, 3.63) is 219 Å². The number of hydrogen-bond donors (Lipinski definition) is 0. The maximum absolute atomic E-state index is 6.14. The van der Waals surface area contributed by atoms with E-state index in [0.29, 0.717) is 0 Å². The van der Waals surface area contributed by atoms with Crippen molar-refractivity contribution >= 4 is 49.9 Å². The van der Waals surface area contributed by atoms with Crippen LogP contribution in [0.5, 0.6) is 5.75 Å². The Hall–Kier alpha value is -6.58. The second-order valence-electron chi connectivity index (χ2n) is 12.7. The molecular weight excluding hydrogens is 621 g/mol. The summed E-state index contributed by atoms with van der Waals surface area (Å²) in [5.74, 6) is 0.821. The molecule has 0 N–H and O–H groups in total. The highest BCUT2D eigenvalue weighted by Gasteiger charge is 2.22. The van der Waals surface area contributed by atoms with E-state index in [9.17, 15) is 0 Å². The number of ether oxygens (including phenoxy) is 1. The smallest absolute Gasteiger partial charge is 0.133 e. The van der Waals surface area contributed by atoms with Gasteiger partial charge in [0.25, 0.3) is 0 Å². The molecule has 0 aliphatic carbocycles. The standard InChI is InChI=1S/C48H40N2O/c1-7-8-15-33(2)34(3)24-25-35(4)36(5)26-27-37(6)49(39-18-13-17-38-16-9-12-23-47(38)51-31-30-39)40-28-29-46-44(32-40)43-21-14-20-42-41-19-10-11-22-45(41)50(46)48(42)43/h7-17,19-32,39H,1-6,18H2/b15-8-,17-13+,25-24-,27-26-,31-30+. The van der Waals surface area contributed by atoms with E-state index >= 15 is 0 Å². The molecule has 7 rings (SSSR count). The third-order valence-electron chi connectivity index (χ3n) is 9.44. The quantitative estimate of drug-likeness (QED) is 0.129. The minimum Gasteiger partial charge on any atom is -0.465 e. The molecule has 1 atom stereocenters. The van der Waals surface area contributed by atoms with E-state index in [1.54, 1.807) is 12.3 Å². The maximum Gasteiger partial charge on any atom is 0.133 e. The van der Waals surface area contributed by atoms with Crippen molar-refractivity contribution in [3.63, 3.8) is 0 Å². The van der Waals surface area contributed by atoms with Crippen molar-refractivity contribution in [3.8, 4) is 5.75 Å². The van der Waals surface area contributed by atoms with Gasteiger partial charge in [-0.25, -0.2) is 0 Å². The highest BCUT2D eigenvalue weighted by atomic mass is 16.5. The van der Waals surface area contributed by atoms with Gasteiger partial charge < -0.3 is 14.0 Å². The van der Waals surface area contributed by atoms with Crippen LogP contribution >= 0.6 is 0 Å². The Morgan fingerprint density at radius 2 is 1.33 bits per heavy atom. The van der Waals surface area contributed by atoms with Crippen LogP contribution < -0.4 is 9.64 Å². The summed E-state index contributed by atoms with van der Waals surface area (Å²) < 4.78 is 8.54. The first kappa shape index (κ1) is 32.9. The van der Waals surface area contributed by atoms with Crippen LogP contribution in [0.4, 0.5) is 5.69 Å². The Bertz CT molecular complexity index is 2540. The molecule has 3 heteroatoms. The molecule has 1 unspecified atom stereocenters. The van der Waals surface area contributed by atoms with Crippen LogP contribution in [-0.2, 0) is 0 Å². The molecule has 6 aromatic rings. The highest BCUT2D eigenvalue weighted by Crippen LogP contribution is 2.41. The second kappa shape index (κ2) is 14.1. The molecule has 0 spiro atoms. The van der Waals surface area contributed by atoms with Crippen LogP contribution in [0.15, 0.2) is 213 Å². The van der Waals surface area contributed by atoms with Gasteiger partial charge in [0.05, 0.1) is 28.9 Å². The zero-order valence-corrected chi connectivity index (χ0v) is 28.8. The van der Waals surface area contributed by atoms with Gasteiger partial charge in [-0.1, -0.05) is 143 Å². The van der Waals surface area contributed by atoms with Gasteiger partial charge in [0.2, 0.25) is 0 Å². The third kappa shape index (κ3) is 6.34. The molecule has 0 radical (unpaired) electrons. The lowest BCUT2D eigenvalue weighted by Crippen LogP contribution is -2.32. The third-order valence-corrected chi connectivity index (χ3v) is 9.44. The lowest BCUT2D eigenvalue weighted by atomic mass is 10.0. The molecule has 51 heavy (non-hydrogen) atoms. The molecule has 1 aliphatic rings. The first-order valence-corrected chi connectivity index (χ1v) is 17.0. The Labute approximate surface area is 300 Å². The topological polar surface area (TPSA) is 16.9 Å². The lowest BCUT2D eigenvalue weighted by Gasteiger charge is -2.32. The Morgan fingerprint density at radius 3 is 2.12 bits per heavy atom. The fraction of sp³-hybridized carbons (Fsp3) is 0.0417. The molecular formula is C48H40N2O. The van der Waals surface area contributed by atoms with E-state index in [-0.39, 0.29) is 6.04 Å². The largest absolute Gasteiger partial charge is 0.465 e. The van der Waals surface area contributed by atoms with Crippen LogP contribution in [0, 0.1) is 0 Å². The molecule has 2 aromatic heterocycles. The molecule has 3 nitrogen and oxygen atoms in total. The predicted molar refractivity (Wildman–Crippen MR) is 221 cm³/mol. The molecule has 1 aliphatic heterocycles. The minimum atomic E-state index is -0.0861. The number of benzene rings is 4. The van der Waals surface area contributed by atoms with Crippen LogP contribution in [0.25, 0.3) is 44.2 Å². The SMILES string of the molecule is C=C/C=C\C(=C)C(=C)/C=C\C(=C)C(=C)/C=C\C(=C)N(c1ccc2c(c1)c1cccc3c4ccccc4n2c31)C1/C=C/Oc2ccccc2/C=C/C1. The van der Waals surface area contributed by atoms with Gasteiger partial charge in [-0.15, -0.1) is 0 Å². The Morgan fingerprint density at radius 1 is 0.686 bits per heavy atom. The van der Waals surface area contributed by atoms with Gasteiger partial charge in [-0.2, -0.15) is 0 Å². The van der Waals surface area contributed by atoms with Crippen LogP contribution in [0.3, 0.4) is 0 Å². The first-order valence-electron chi connectivity index (χ1n) is 17.0. The molecule has 4 aromatic carbocycles. The van der Waals surface area contributed by atoms with E-state index in [4.69, 9.17) is 4.74 Å². The number of nitrogens with zero attached hydrogens (tertiary/aromatic N) is 2. The predicted octanol–water partition coefficient (Wildman–Crippen LogP) is 12.6. The van der Waals surface area contributed by atoms with Crippen molar-refractivity contribution in [2.45, 2.75) is 12.5 Å². The fourth-order valence-corrected chi connectivity index (χ4v) is 6.76. The number of allylic oxidation sites excluding steroid dienone is 11.